The van der Waals surface area contributed by atoms with Gasteiger partial charge in [-0.15, -0.1) is 0 Å². The highest BCUT2D eigenvalue weighted by molar-refractivity contribution is 5.94. The van der Waals surface area contributed by atoms with E-state index in [0.29, 0.717) is 31.1 Å². The number of carbonyl (C=O) groups is 1. The van der Waals surface area contributed by atoms with Crippen LogP contribution in [0.5, 0.6) is 5.88 Å². The molecular formula is C16H25N3O3. The van der Waals surface area contributed by atoms with Crippen LogP contribution in [0.1, 0.15) is 31.1 Å². The lowest BCUT2D eigenvalue weighted by Crippen LogP contribution is -2.50. The Morgan fingerprint density at radius 1 is 1.27 bits per heavy atom. The SMILES string of the molecule is CC(C)Oc1ccc(C(=O)N2CCN(C[C@@H](C)O)CC2)cn1. The maximum Gasteiger partial charge on any atom is 0.255 e. The van der Waals surface area contributed by atoms with Gasteiger partial charge < -0.3 is 14.7 Å². The molecule has 1 atom stereocenters. The van der Waals surface area contributed by atoms with E-state index in [-0.39, 0.29) is 18.1 Å². The number of rotatable bonds is 5. The lowest BCUT2D eigenvalue weighted by atomic mass is 10.2. The first kappa shape index (κ1) is 16.7. The number of aromatic nitrogens is 1. The van der Waals surface area contributed by atoms with Gasteiger partial charge in [0.2, 0.25) is 5.88 Å². The van der Waals surface area contributed by atoms with Crippen LogP contribution in [0.25, 0.3) is 0 Å². The van der Waals surface area contributed by atoms with Crippen molar-refractivity contribution in [3.8, 4) is 5.88 Å². The van der Waals surface area contributed by atoms with E-state index in [0.717, 1.165) is 13.1 Å². The summed E-state index contributed by atoms with van der Waals surface area (Å²) in [7, 11) is 0. The van der Waals surface area contributed by atoms with E-state index >= 15 is 0 Å². The van der Waals surface area contributed by atoms with E-state index in [9.17, 15) is 9.90 Å². The number of carbonyl (C=O) groups excluding carboxylic acids is 1. The summed E-state index contributed by atoms with van der Waals surface area (Å²) in [6.07, 6.45) is 1.30. The molecule has 0 bridgehead atoms. The Hall–Kier alpha value is -1.66. The molecule has 1 saturated heterocycles. The first-order valence-electron chi connectivity index (χ1n) is 7.78. The van der Waals surface area contributed by atoms with Crippen molar-refractivity contribution < 1.29 is 14.6 Å². The van der Waals surface area contributed by atoms with Gasteiger partial charge >= 0.3 is 0 Å². The van der Waals surface area contributed by atoms with Crippen molar-refractivity contribution in [3.05, 3.63) is 23.9 Å². The number of amides is 1. The number of ether oxygens (including phenoxy) is 1. The van der Waals surface area contributed by atoms with Gasteiger partial charge in [-0.25, -0.2) is 4.98 Å². The molecule has 2 heterocycles. The molecule has 6 nitrogen and oxygen atoms in total. The van der Waals surface area contributed by atoms with Crippen LogP contribution in [0.15, 0.2) is 18.3 Å². The third kappa shape index (κ3) is 4.68. The van der Waals surface area contributed by atoms with Gasteiger partial charge in [-0.2, -0.15) is 0 Å². The summed E-state index contributed by atoms with van der Waals surface area (Å²) >= 11 is 0. The molecule has 1 N–H and O–H groups in total. The number of aliphatic hydroxyl groups is 1. The van der Waals surface area contributed by atoms with E-state index in [1.165, 1.54) is 0 Å². The lowest BCUT2D eigenvalue weighted by molar-refractivity contribution is 0.0553. The van der Waals surface area contributed by atoms with E-state index in [1.54, 1.807) is 25.3 Å². The Kier molecular flexibility index (Phi) is 5.74. The van der Waals surface area contributed by atoms with E-state index in [4.69, 9.17) is 4.74 Å². The van der Waals surface area contributed by atoms with Gasteiger partial charge in [-0.3, -0.25) is 9.69 Å². The van der Waals surface area contributed by atoms with Gasteiger partial charge in [-0.05, 0) is 26.8 Å². The highest BCUT2D eigenvalue weighted by Crippen LogP contribution is 2.13. The Labute approximate surface area is 131 Å². The van der Waals surface area contributed by atoms with Crippen LogP contribution in [0, 0.1) is 0 Å². The zero-order valence-corrected chi connectivity index (χ0v) is 13.5. The van der Waals surface area contributed by atoms with Crippen molar-refractivity contribution >= 4 is 5.91 Å². The predicted octanol–water partition coefficient (Wildman–Crippen LogP) is 1.01. The molecule has 1 aromatic rings. The molecule has 1 aromatic heterocycles. The molecule has 22 heavy (non-hydrogen) atoms. The predicted molar refractivity (Wildman–Crippen MR) is 84.0 cm³/mol. The van der Waals surface area contributed by atoms with Crippen LogP contribution in [-0.2, 0) is 0 Å². The number of β-amino-alcohol motifs (C(OH)–C–C–N with tert-alkyl or cyclic N) is 1. The van der Waals surface area contributed by atoms with Gasteiger partial charge in [0.1, 0.15) is 0 Å². The molecule has 0 radical (unpaired) electrons. The molecular weight excluding hydrogens is 282 g/mol. The van der Waals surface area contributed by atoms with Gasteiger partial charge in [0.25, 0.3) is 5.91 Å². The molecule has 0 spiro atoms. The number of piperazine rings is 1. The third-order valence-electron chi connectivity index (χ3n) is 3.52. The maximum absolute atomic E-state index is 12.4. The first-order valence-corrected chi connectivity index (χ1v) is 7.78. The molecule has 1 fully saturated rings. The minimum atomic E-state index is -0.333. The highest BCUT2D eigenvalue weighted by atomic mass is 16.5. The normalized spacial score (nSPS) is 17.6. The highest BCUT2D eigenvalue weighted by Gasteiger charge is 2.22. The summed E-state index contributed by atoms with van der Waals surface area (Å²) in [5.41, 5.74) is 0.583. The number of pyridine rings is 1. The van der Waals surface area contributed by atoms with Crippen molar-refractivity contribution in [1.82, 2.24) is 14.8 Å². The number of nitrogens with zero attached hydrogens (tertiary/aromatic N) is 3. The zero-order valence-electron chi connectivity index (χ0n) is 13.5. The summed E-state index contributed by atoms with van der Waals surface area (Å²) in [4.78, 5) is 20.6. The minimum Gasteiger partial charge on any atom is -0.475 e. The average molecular weight is 307 g/mol. The van der Waals surface area contributed by atoms with Crippen LogP contribution in [0.3, 0.4) is 0 Å². The van der Waals surface area contributed by atoms with Crippen LogP contribution in [-0.4, -0.2) is 70.7 Å². The summed E-state index contributed by atoms with van der Waals surface area (Å²) < 4.78 is 5.48. The topological polar surface area (TPSA) is 65.9 Å². The summed E-state index contributed by atoms with van der Waals surface area (Å²) in [6, 6.07) is 3.49. The van der Waals surface area contributed by atoms with E-state index in [1.807, 2.05) is 18.7 Å². The van der Waals surface area contributed by atoms with Gasteiger partial charge in [-0.1, -0.05) is 0 Å². The molecule has 0 saturated carbocycles. The molecule has 1 aliphatic rings. The smallest absolute Gasteiger partial charge is 0.255 e. The fourth-order valence-electron chi connectivity index (χ4n) is 2.51. The summed E-state index contributed by atoms with van der Waals surface area (Å²) in [5, 5.41) is 9.40. The Bertz CT molecular complexity index is 480. The van der Waals surface area contributed by atoms with Crippen LogP contribution in [0.2, 0.25) is 0 Å². The largest absolute Gasteiger partial charge is 0.475 e. The van der Waals surface area contributed by atoms with E-state index < -0.39 is 0 Å². The van der Waals surface area contributed by atoms with Crippen molar-refractivity contribution in [2.24, 2.45) is 0 Å². The number of hydrogen-bond acceptors (Lipinski definition) is 5. The molecule has 1 amide bonds. The summed E-state index contributed by atoms with van der Waals surface area (Å²) in [5.74, 6) is 0.536. The molecule has 122 valence electrons. The maximum atomic E-state index is 12.4. The van der Waals surface area contributed by atoms with Crippen molar-refractivity contribution in [1.29, 1.82) is 0 Å². The quantitative estimate of drug-likeness (QED) is 0.879. The van der Waals surface area contributed by atoms with Crippen molar-refractivity contribution in [3.63, 3.8) is 0 Å². The van der Waals surface area contributed by atoms with Crippen LogP contribution >= 0.6 is 0 Å². The monoisotopic (exact) mass is 307 g/mol. The Morgan fingerprint density at radius 2 is 1.95 bits per heavy atom. The fraction of sp³-hybridized carbons (Fsp3) is 0.625. The lowest BCUT2D eigenvalue weighted by Gasteiger charge is -2.35. The summed E-state index contributed by atoms with van der Waals surface area (Å²) in [6.45, 7) is 9.25. The first-order chi connectivity index (χ1) is 10.5. The Balaban J connectivity index is 1.89. The molecule has 1 aliphatic heterocycles. The van der Waals surface area contributed by atoms with Crippen LogP contribution < -0.4 is 4.74 Å². The zero-order chi connectivity index (χ0) is 16.1. The Morgan fingerprint density at radius 3 is 2.45 bits per heavy atom. The van der Waals surface area contributed by atoms with Crippen LogP contribution in [0.4, 0.5) is 0 Å². The fourth-order valence-corrected chi connectivity index (χ4v) is 2.51. The molecule has 0 aromatic carbocycles. The number of hydrogen-bond donors (Lipinski definition) is 1. The molecule has 0 unspecified atom stereocenters. The molecule has 0 aliphatic carbocycles. The minimum absolute atomic E-state index is 0.000272. The second-order valence-electron chi connectivity index (χ2n) is 5.99. The van der Waals surface area contributed by atoms with E-state index in [2.05, 4.69) is 9.88 Å². The standard InChI is InChI=1S/C16H25N3O3/c1-12(2)22-15-5-4-14(10-17-15)16(21)19-8-6-18(7-9-19)11-13(3)20/h4-5,10,12-13,20H,6-9,11H2,1-3H3/t13-/m1/s1. The molecule has 2 rings (SSSR count). The van der Waals surface area contributed by atoms with Gasteiger partial charge in [0, 0.05) is 45.0 Å². The second-order valence-corrected chi connectivity index (χ2v) is 5.99. The van der Waals surface area contributed by atoms with Crippen molar-refractivity contribution in [2.75, 3.05) is 32.7 Å². The second kappa shape index (κ2) is 7.56. The average Bonchev–Trinajstić information content (AvgIpc) is 2.47. The molecule has 6 heteroatoms. The third-order valence-corrected chi connectivity index (χ3v) is 3.52. The van der Waals surface area contributed by atoms with Crippen molar-refractivity contribution in [2.45, 2.75) is 33.0 Å². The number of aliphatic hydroxyl groups excluding tert-OH is 1. The van der Waals surface area contributed by atoms with Gasteiger partial charge in [0.15, 0.2) is 0 Å². The van der Waals surface area contributed by atoms with Gasteiger partial charge in [0.05, 0.1) is 17.8 Å².